The fourth-order valence-electron chi connectivity index (χ4n) is 1.77. The minimum absolute atomic E-state index is 0.120. The second-order valence-corrected chi connectivity index (χ2v) is 4.33. The second-order valence-electron chi connectivity index (χ2n) is 4.33. The van der Waals surface area contributed by atoms with Gasteiger partial charge in [0.25, 0.3) is 0 Å². The van der Waals surface area contributed by atoms with Crippen LogP contribution in [0.25, 0.3) is 0 Å². The lowest BCUT2D eigenvalue weighted by Gasteiger charge is -2.27. The molecule has 1 N–H and O–H groups in total. The predicted octanol–water partition coefficient (Wildman–Crippen LogP) is 2.39. The Hall–Kier alpha value is -1.55. The summed E-state index contributed by atoms with van der Waals surface area (Å²) >= 11 is 0. The highest BCUT2D eigenvalue weighted by Crippen LogP contribution is 2.15. The van der Waals surface area contributed by atoms with Crippen molar-refractivity contribution in [2.75, 3.05) is 25.1 Å². The van der Waals surface area contributed by atoms with Gasteiger partial charge in [-0.3, -0.25) is 4.79 Å². The first-order chi connectivity index (χ1) is 8.63. The maximum absolute atomic E-state index is 10.6. The third-order valence-electron chi connectivity index (χ3n) is 2.82. The Kier molecular flexibility index (Phi) is 6.22. The quantitative estimate of drug-likeness (QED) is 0.770. The molecule has 0 aliphatic rings. The van der Waals surface area contributed by atoms with Gasteiger partial charge in [-0.2, -0.15) is 0 Å². The number of para-hydroxylation sites is 1. The molecule has 100 valence electrons. The summed E-state index contributed by atoms with van der Waals surface area (Å²) in [5.41, 5.74) is 1.10. The lowest BCUT2D eigenvalue weighted by Crippen LogP contribution is -2.33. The van der Waals surface area contributed by atoms with Crippen LogP contribution in [0.1, 0.15) is 19.8 Å². The number of rotatable bonds is 8. The van der Waals surface area contributed by atoms with Crippen molar-refractivity contribution in [2.24, 2.45) is 0 Å². The van der Waals surface area contributed by atoms with Crippen LogP contribution >= 0.6 is 0 Å². The molecular weight excluding hydrogens is 230 g/mol. The summed E-state index contributed by atoms with van der Waals surface area (Å²) in [5, 5.41) is 8.68. The Labute approximate surface area is 108 Å². The summed E-state index contributed by atoms with van der Waals surface area (Å²) in [6.07, 6.45) is 0.959. The average Bonchev–Trinajstić information content (AvgIpc) is 2.38. The monoisotopic (exact) mass is 251 g/mol. The predicted molar refractivity (Wildman–Crippen MR) is 72.0 cm³/mol. The molecule has 0 radical (unpaired) electrons. The highest BCUT2D eigenvalue weighted by molar-refractivity contribution is 5.66. The fraction of sp³-hybridized carbons (Fsp3) is 0.500. The molecular formula is C14H21NO3. The summed E-state index contributed by atoms with van der Waals surface area (Å²) in [6.45, 7) is 3.50. The molecule has 0 aromatic heterocycles. The Bertz CT molecular complexity index is 353. The van der Waals surface area contributed by atoms with E-state index in [-0.39, 0.29) is 12.5 Å². The minimum Gasteiger partial charge on any atom is -0.481 e. The molecule has 1 aromatic rings. The molecule has 0 aliphatic heterocycles. The molecule has 0 amide bonds. The van der Waals surface area contributed by atoms with Crippen molar-refractivity contribution in [3.05, 3.63) is 30.3 Å². The van der Waals surface area contributed by atoms with Gasteiger partial charge in [-0.1, -0.05) is 18.2 Å². The van der Waals surface area contributed by atoms with Crippen LogP contribution in [-0.2, 0) is 9.53 Å². The van der Waals surface area contributed by atoms with E-state index < -0.39 is 5.97 Å². The van der Waals surface area contributed by atoms with Gasteiger partial charge in [-0.15, -0.1) is 0 Å². The Morgan fingerprint density at radius 2 is 2.06 bits per heavy atom. The van der Waals surface area contributed by atoms with E-state index in [0.717, 1.165) is 18.8 Å². The smallest absolute Gasteiger partial charge is 0.303 e. The number of hydrogen-bond acceptors (Lipinski definition) is 3. The Balaban J connectivity index is 2.60. The number of methoxy groups -OCH3 is 1. The SMILES string of the molecule is COC(C)CN(CCCC(=O)O)c1ccccc1. The number of carboxylic acid groups (broad SMARTS) is 1. The van der Waals surface area contributed by atoms with Crippen molar-refractivity contribution >= 4 is 11.7 Å². The molecule has 1 unspecified atom stereocenters. The molecule has 0 saturated carbocycles. The van der Waals surface area contributed by atoms with Crippen LogP contribution in [0.4, 0.5) is 5.69 Å². The Morgan fingerprint density at radius 1 is 1.39 bits per heavy atom. The summed E-state index contributed by atoms with van der Waals surface area (Å²) in [6, 6.07) is 10.00. The van der Waals surface area contributed by atoms with E-state index in [9.17, 15) is 4.79 Å². The van der Waals surface area contributed by atoms with Crippen molar-refractivity contribution in [3.63, 3.8) is 0 Å². The van der Waals surface area contributed by atoms with E-state index in [4.69, 9.17) is 9.84 Å². The highest BCUT2D eigenvalue weighted by atomic mass is 16.5. The van der Waals surface area contributed by atoms with E-state index in [2.05, 4.69) is 4.90 Å². The topological polar surface area (TPSA) is 49.8 Å². The van der Waals surface area contributed by atoms with Gasteiger partial charge in [-0.05, 0) is 25.5 Å². The van der Waals surface area contributed by atoms with E-state index in [1.54, 1.807) is 7.11 Å². The van der Waals surface area contributed by atoms with Gasteiger partial charge >= 0.3 is 5.97 Å². The third kappa shape index (κ3) is 5.19. The van der Waals surface area contributed by atoms with Crippen molar-refractivity contribution < 1.29 is 14.6 Å². The van der Waals surface area contributed by atoms with Crippen molar-refractivity contribution in [1.82, 2.24) is 0 Å². The number of aliphatic carboxylic acids is 1. The van der Waals surface area contributed by atoms with Gasteiger partial charge in [0.15, 0.2) is 0 Å². The molecule has 1 aromatic carbocycles. The first-order valence-corrected chi connectivity index (χ1v) is 6.18. The molecule has 0 heterocycles. The largest absolute Gasteiger partial charge is 0.481 e. The van der Waals surface area contributed by atoms with Gasteiger partial charge in [0.1, 0.15) is 0 Å². The zero-order valence-corrected chi connectivity index (χ0v) is 11.0. The normalized spacial score (nSPS) is 12.1. The van der Waals surface area contributed by atoms with Crippen LogP contribution in [0, 0.1) is 0 Å². The molecule has 4 heteroatoms. The molecule has 18 heavy (non-hydrogen) atoms. The number of carbonyl (C=O) groups is 1. The van der Waals surface area contributed by atoms with Gasteiger partial charge in [-0.25, -0.2) is 0 Å². The number of carboxylic acids is 1. The van der Waals surface area contributed by atoms with Gasteiger partial charge in [0.05, 0.1) is 6.10 Å². The van der Waals surface area contributed by atoms with Gasteiger partial charge in [0.2, 0.25) is 0 Å². The summed E-state index contributed by atoms with van der Waals surface area (Å²) in [5.74, 6) is -0.747. The number of benzene rings is 1. The number of ether oxygens (including phenoxy) is 1. The lowest BCUT2D eigenvalue weighted by atomic mass is 10.2. The van der Waals surface area contributed by atoms with Gasteiger partial charge in [0, 0.05) is 32.3 Å². The van der Waals surface area contributed by atoms with E-state index in [0.29, 0.717) is 6.42 Å². The van der Waals surface area contributed by atoms with Crippen LogP contribution in [-0.4, -0.2) is 37.4 Å². The van der Waals surface area contributed by atoms with Crippen LogP contribution in [0.5, 0.6) is 0 Å². The molecule has 0 bridgehead atoms. The number of hydrogen-bond donors (Lipinski definition) is 1. The maximum Gasteiger partial charge on any atom is 0.303 e. The minimum atomic E-state index is -0.747. The van der Waals surface area contributed by atoms with Crippen molar-refractivity contribution in [3.8, 4) is 0 Å². The molecule has 1 atom stereocenters. The summed E-state index contributed by atoms with van der Waals surface area (Å²) in [7, 11) is 1.69. The molecule has 1 rings (SSSR count). The second kappa shape index (κ2) is 7.71. The summed E-state index contributed by atoms with van der Waals surface area (Å²) in [4.78, 5) is 12.7. The molecule has 0 fully saturated rings. The van der Waals surface area contributed by atoms with Crippen LogP contribution in [0.2, 0.25) is 0 Å². The highest BCUT2D eigenvalue weighted by Gasteiger charge is 2.10. The molecule has 4 nitrogen and oxygen atoms in total. The van der Waals surface area contributed by atoms with Crippen molar-refractivity contribution in [2.45, 2.75) is 25.9 Å². The van der Waals surface area contributed by atoms with E-state index in [1.807, 2.05) is 37.3 Å². The zero-order chi connectivity index (χ0) is 13.4. The van der Waals surface area contributed by atoms with Crippen LogP contribution in [0.3, 0.4) is 0 Å². The van der Waals surface area contributed by atoms with Crippen LogP contribution < -0.4 is 4.90 Å². The molecule has 0 saturated heterocycles. The average molecular weight is 251 g/mol. The first kappa shape index (κ1) is 14.5. The van der Waals surface area contributed by atoms with Crippen LogP contribution in [0.15, 0.2) is 30.3 Å². The van der Waals surface area contributed by atoms with Gasteiger partial charge < -0.3 is 14.7 Å². The van der Waals surface area contributed by atoms with E-state index >= 15 is 0 Å². The lowest BCUT2D eigenvalue weighted by molar-refractivity contribution is -0.137. The maximum atomic E-state index is 10.6. The third-order valence-corrected chi connectivity index (χ3v) is 2.82. The zero-order valence-electron chi connectivity index (χ0n) is 11.0. The molecule has 0 spiro atoms. The number of anilines is 1. The number of nitrogens with zero attached hydrogens (tertiary/aromatic N) is 1. The summed E-state index contributed by atoms with van der Waals surface area (Å²) < 4.78 is 5.27. The first-order valence-electron chi connectivity index (χ1n) is 6.18. The Morgan fingerprint density at radius 3 is 2.61 bits per heavy atom. The standard InChI is InChI=1S/C14H21NO3/c1-12(18-2)11-15(10-6-9-14(16)17)13-7-4-3-5-8-13/h3-5,7-8,12H,6,9-11H2,1-2H3,(H,16,17). The van der Waals surface area contributed by atoms with E-state index in [1.165, 1.54) is 0 Å². The van der Waals surface area contributed by atoms with Crippen molar-refractivity contribution in [1.29, 1.82) is 0 Å². The molecule has 0 aliphatic carbocycles. The fourth-order valence-corrected chi connectivity index (χ4v) is 1.77.